The molecule has 1 aromatic rings. The first-order valence-corrected chi connectivity index (χ1v) is 7.15. The van der Waals surface area contributed by atoms with Crippen molar-refractivity contribution < 1.29 is 23.5 Å². The highest BCUT2D eigenvalue weighted by molar-refractivity contribution is 5.80. The standard InChI is InChI=1S/C14H19F2N3O3/c1-8-11(9(2)19(17-8)14(15)16)7-12(20)18(10-3-4-10)6-5-13(21)22/h10,14H,3-7H2,1-2H3,(H,21,22). The van der Waals surface area contributed by atoms with Crippen molar-refractivity contribution >= 4 is 11.9 Å². The number of carboxylic acids is 1. The van der Waals surface area contributed by atoms with E-state index in [0.29, 0.717) is 15.9 Å². The van der Waals surface area contributed by atoms with E-state index < -0.39 is 12.5 Å². The summed E-state index contributed by atoms with van der Waals surface area (Å²) in [6.07, 6.45) is 1.58. The maximum Gasteiger partial charge on any atom is 0.333 e. The van der Waals surface area contributed by atoms with Crippen LogP contribution in [0.15, 0.2) is 0 Å². The molecule has 0 radical (unpaired) electrons. The van der Waals surface area contributed by atoms with E-state index >= 15 is 0 Å². The highest BCUT2D eigenvalue weighted by atomic mass is 19.3. The largest absolute Gasteiger partial charge is 0.481 e. The first kappa shape index (κ1) is 16.4. The Balaban J connectivity index is 2.11. The highest BCUT2D eigenvalue weighted by Crippen LogP contribution is 2.28. The van der Waals surface area contributed by atoms with Crippen molar-refractivity contribution in [2.75, 3.05) is 6.54 Å². The number of hydrogen-bond donors (Lipinski definition) is 1. The topological polar surface area (TPSA) is 75.4 Å². The molecule has 1 saturated carbocycles. The molecule has 6 nitrogen and oxygen atoms in total. The van der Waals surface area contributed by atoms with Crippen molar-refractivity contribution in [3.63, 3.8) is 0 Å². The van der Waals surface area contributed by atoms with Crippen molar-refractivity contribution in [1.29, 1.82) is 0 Å². The van der Waals surface area contributed by atoms with Crippen LogP contribution in [-0.2, 0) is 16.0 Å². The fourth-order valence-electron chi connectivity index (χ4n) is 2.51. The van der Waals surface area contributed by atoms with Crippen LogP contribution in [0, 0.1) is 13.8 Å². The van der Waals surface area contributed by atoms with Gasteiger partial charge in [-0.2, -0.15) is 13.9 Å². The summed E-state index contributed by atoms with van der Waals surface area (Å²) in [4.78, 5) is 24.6. The summed E-state index contributed by atoms with van der Waals surface area (Å²) in [5.41, 5.74) is 1.17. The molecule has 122 valence electrons. The number of hydrogen-bond acceptors (Lipinski definition) is 3. The van der Waals surface area contributed by atoms with E-state index in [1.54, 1.807) is 11.8 Å². The first-order valence-electron chi connectivity index (χ1n) is 7.15. The molecule has 0 spiro atoms. The van der Waals surface area contributed by atoms with Gasteiger partial charge in [-0.3, -0.25) is 9.59 Å². The second-order valence-corrected chi connectivity index (χ2v) is 5.51. The third-order valence-corrected chi connectivity index (χ3v) is 3.86. The zero-order valence-corrected chi connectivity index (χ0v) is 12.6. The van der Waals surface area contributed by atoms with Gasteiger partial charge in [-0.1, -0.05) is 0 Å². The van der Waals surface area contributed by atoms with Gasteiger partial charge in [-0.15, -0.1) is 0 Å². The summed E-state index contributed by atoms with van der Waals surface area (Å²) in [6, 6.07) is 0.0811. The number of alkyl halides is 2. The minimum atomic E-state index is -2.74. The summed E-state index contributed by atoms with van der Waals surface area (Å²) in [5, 5.41) is 12.5. The third-order valence-electron chi connectivity index (χ3n) is 3.86. The maximum absolute atomic E-state index is 12.8. The van der Waals surface area contributed by atoms with Crippen molar-refractivity contribution in [2.45, 2.75) is 52.1 Å². The van der Waals surface area contributed by atoms with Gasteiger partial charge in [0.05, 0.1) is 18.5 Å². The molecule has 1 N–H and O–H groups in total. The molecule has 0 atom stereocenters. The van der Waals surface area contributed by atoms with Gasteiger partial charge in [0.25, 0.3) is 0 Å². The van der Waals surface area contributed by atoms with Crippen LogP contribution < -0.4 is 0 Å². The average Bonchev–Trinajstić information content (AvgIpc) is 3.21. The van der Waals surface area contributed by atoms with Crippen LogP contribution in [0.25, 0.3) is 0 Å². The summed E-state index contributed by atoms with van der Waals surface area (Å²) >= 11 is 0. The zero-order valence-electron chi connectivity index (χ0n) is 12.6. The minimum absolute atomic E-state index is 0.0273. The van der Waals surface area contributed by atoms with Gasteiger partial charge in [0.15, 0.2) is 0 Å². The predicted octanol–water partition coefficient (Wildman–Crippen LogP) is 1.90. The maximum atomic E-state index is 12.8. The van der Waals surface area contributed by atoms with Gasteiger partial charge in [-0.05, 0) is 26.7 Å². The first-order chi connectivity index (χ1) is 10.3. The summed E-state index contributed by atoms with van der Waals surface area (Å²) < 4.78 is 26.2. The second kappa shape index (κ2) is 6.41. The number of carboxylic acid groups (broad SMARTS) is 1. The van der Waals surface area contributed by atoms with E-state index in [1.165, 1.54) is 6.92 Å². The molecule has 1 amide bonds. The number of rotatable bonds is 7. The number of carbonyl (C=O) groups is 2. The molecule has 0 bridgehead atoms. The summed E-state index contributed by atoms with van der Waals surface area (Å²) in [6.45, 7) is 0.509. The number of nitrogens with zero attached hydrogens (tertiary/aromatic N) is 3. The number of carbonyl (C=O) groups excluding carboxylic acids is 1. The van der Waals surface area contributed by atoms with E-state index in [2.05, 4.69) is 5.10 Å². The lowest BCUT2D eigenvalue weighted by Gasteiger charge is -2.21. The fraction of sp³-hybridized carbons (Fsp3) is 0.643. The van der Waals surface area contributed by atoms with Gasteiger partial charge in [0.2, 0.25) is 5.91 Å². The number of amides is 1. The Labute approximate surface area is 126 Å². The van der Waals surface area contributed by atoms with Crippen LogP contribution in [0.4, 0.5) is 8.78 Å². The van der Waals surface area contributed by atoms with E-state index in [-0.39, 0.29) is 37.0 Å². The molecule has 1 fully saturated rings. The Bertz CT molecular complexity index is 582. The quantitative estimate of drug-likeness (QED) is 0.834. The smallest absolute Gasteiger partial charge is 0.333 e. The molecule has 0 aromatic carbocycles. The molecule has 1 heterocycles. The molecule has 1 aliphatic rings. The van der Waals surface area contributed by atoms with E-state index in [0.717, 1.165) is 12.8 Å². The van der Waals surface area contributed by atoms with Gasteiger partial charge < -0.3 is 10.0 Å². The Morgan fingerprint density at radius 1 is 1.41 bits per heavy atom. The fourth-order valence-corrected chi connectivity index (χ4v) is 2.51. The predicted molar refractivity (Wildman–Crippen MR) is 73.6 cm³/mol. The number of aryl methyl sites for hydroxylation is 1. The minimum Gasteiger partial charge on any atom is -0.481 e. The molecule has 1 aliphatic carbocycles. The lowest BCUT2D eigenvalue weighted by Crippen LogP contribution is -2.36. The van der Waals surface area contributed by atoms with Crippen molar-refractivity contribution in [3.8, 4) is 0 Å². The summed E-state index contributed by atoms with van der Waals surface area (Å²) in [7, 11) is 0. The van der Waals surface area contributed by atoms with Crippen molar-refractivity contribution in [1.82, 2.24) is 14.7 Å². The van der Waals surface area contributed by atoms with Gasteiger partial charge in [0, 0.05) is 23.8 Å². The van der Waals surface area contributed by atoms with E-state index in [1.807, 2.05) is 0 Å². The normalized spacial score (nSPS) is 14.4. The van der Waals surface area contributed by atoms with Gasteiger partial charge in [-0.25, -0.2) is 4.68 Å². The average molecular weight is 315 g/mol. The molecular weight excluding hydrogens is 296 g/mol. The highest BCUT2D eigenvalue weighted by Gasteiger charge is 2.33. The van der Waals surface area contributed by atoms with E-state index in [4.69, 9.17) is 5.11 Å². The number of halogens is 2. The van der Waals surface area contributed by atoms with Crippen molar-refractivity contribution in [3.05, 3.63) is 17.0 Å². The molecule has 0 aliphatic heterocycles. The van der Waals surface area contributed by atoms with Crippen LogP contribution in [0.2, 0.25) is 0 Å². The number of aliphatic carboxylic acids is 1. The molecular formula is C14H19F2N3O3. The van der Waals surface area contributed by atoms with Crippen LogP contribution in [-0.4, -0.2) is 44.3 Å². The number of aromatic nitrogens is 2. The SMILES string of the molecule is Cc1nn(C(F)F)c(C)c1CC(=O)N(CCC(=O)O)C1CC1. The van der Waals surface area contributed by atoms with Crippen LogP contribution >= 0.6 is 0 Å². The molecule has 1 aromatic heterocycles. The second-order valence-electron chi connectivity index (χ2n) is 5.51. The molecule has 0 saturated heterocycles. The van der Waals surface area contributed by atoms with Crippen molar-refractivity contribution in [2.24, 2.45) is 0 Å². The van der Waals surface area contributed by atoms with E-state index in [9.17, 15) is 18.4 Å². The monoisotopic (exact) mass is 315 g/mol. The summed E-state index contributed by atoms with van der Waals surface area (Å²) in [5.74, 6) is -1.19. The Morgan fingerprint density at radius 3 is 2.50 bits per heavy atom. The molecule has 0 unspecified atom stereocenters. The van der Waals surface area contributed by atoms with Crippen LogP contribution in [0.3, 0.4) is 0 Å². The van der Waals surface area contributed by atoms with Crippen LogP contribution in [0.5, 0.6) is 0 Å². The Kier molecular flexibility index (Phi) is 4.77. The van der Waals surface area contributed by atoms with Gasteiger partial charge >= 0.3 is 12.5 Å². The molecule has 2 rings (SSSR count). The van der Waals surface area contributed by atoms with Crippen LogP contribution in [0.1, 0.15) is 42.8 Å². The third kappa shape index (κ3) is 3.61. The zero-order chi connectivity index (χ0) is 16.4. The van der Waals surface area contributed by atoms with Gasteiger partial charge in [0.1, 0.15) is 0 Å². The molecule has 8 heteroatoms. The Hall–Kier alpha value is -1.99. The molecule has 22 heavy (non-hydrogen) atoms. The Morgan fingerprint density at radius 2 is 2.05 bits per heavy atom. The lowest BCUT2D eigenvalue weighted by atomic mass is 10.1. The lowest BCUT2D eigenvalue weighted by molar-refractivity contribution is -0.138.